The van der Waals surface area contributed by atoms with Crippen LogP contribution in [0.4, 0.5) is 4.39 Å². The van der Waals surface area contributed by atoms with E-state index in [1.807, 2.05) is 6.92 Å². The molecule has 0 spiro atoms. The standard InChI is InChI=1S/C15H20FN3O2/c1-3-18-8-9-19(15(21)14(18)20)13(10(2)17)11-6-4-5-7-12(11)16/h4-7,10,13H,3,8-9,17H2,1-2H3. The van der Waals surface area contributed by atoms with E-state index in [9.17, 15) is 14.0 Å². The van der Waals surface area contributed by atoms with Gasteiger partial charge >= 0.3 is 11.8 Å². The van der Waals surface area contributed by atoms with Crippen molar-refractivity contribution in [2.75, 3.05) is 19.6 Å². The minimum absolute atomic E-state index is 0.346. The molecule has 1 aliphatic rings. The van der Waals surface area contributed by atoms with Crippen molar-refractivity contribution >= 4 is 11.8 Å². The molecule has 2 unspecified atom stereocenters. The van der Waals surface area contributed by atoms with Gasteiger partial charge in [-0.3, -0.25) is 9.59 Å². The summed E-state index contributed by atoms with van der Waals surface area (Å²) in [4.78, 5) is 27.2. The van der Waals surface area contributed by atoms with Gasteiger partial charge in [0, 0.05) is 31.2 Å². The van der Waals surface area contributed by atoms with E-state index < -0.39 is 29.7 Å². The summed E-state index contributed by atoms with van der Waals surface area (Å²) in [6, 6.07) is 5.10. The second kappa shape index (κ2) is 6.22. The number of halogens is 1. The van der Waals surface area contributed by atoms with E-state index in [-0.39, 0.29) is 0 Å². The summed E-state index contributed by atoms with van der Waals surface area (Å²) >= 11 is 0. The minimum atomic E-state index is -0.637. The molecule has 2 rings (SSSR count). The summed E-state index contributed by atoms with van der Waals surface area (Å²) in [6.07, 6.45) is 0. The fourth-order valence-electron chi connectivity index (χ4n) is 2.71. The molecule has 21 heavy (non-hydrogen) atoms. The van der Waals surface area contributed by atoms with Crippen molar-refractivity contribution in [1.29, 1.82) is 0 Å². The van der Waals surface area contributed by atoms with Crippen molar-refractivity contribution in [3.63, 3.8) is 0 Å². The highest BCUT2D eigenvalue weighted by molar-refractivity contribution is 6.35. The molecule has 2 N–H and O–H groups in total. The average molecular weight is 293 g/mol. The second-order valence-corrected chi connectivity index (χ2v) is 5.21. The van der Waals surface area contributed by atoms with E-state index in [0.29, 0.717) is 25.2 Å². The Hall–Kier alpha value is -1.95. The van der Waals surface area contributed by atoms with Crippen LogP contribution in [0, 0.1) is 5.82 Å². The van der Waals surface area contributed by atoms with Crippen LogP contribution in [-0.4, -0.2) is 47.3 Å². The second-order valence-electron chi connectivity index (χ2n) is 5.21. The summed E-state index contributed by atoms with van der Waals surface area (Å²) < 4.78 is 14.0. The molecule has 2 amide bonds. The van der Waals surface area contributed by atoms with E-state index in [1.165, 1.54) is 15.9 Å². The van der Waals surface area contributed by atoms with Crippen LogP contribution in [0.15, 0.2) is 24.3 Å². The predicted molar refractivity (Wildman–Crippen MR) is 76.8 cm³/mol. The lowest BCUT2D eigenvalue weighted by atomic mass is 9.97. The summed E-state index contributed by atoms with van der Waals surface area (Å²) in [5.74, 6) is -1.59. The Morgan fingerprint density at radius 2 is 1.90 bits per heavy atom. The van der Waals surface area contributed by atoms with Crippen molar-refractivity contribution in [3.8, 4) is 0 Å². The van der Waals surface area contributed by atoms with Gasteiger partial charge in [-0.1, -0.05) is 18.2 Å². The molecule has 1 heterocycles. The quantitative estimate of drug-likeness (QED) is 0.839. The summed E-state index contributed by atoms with van der Waals surface area (Å²) in [5.41, 5.74) is 6.30. The topological polar surface area (TPSA) is 66.6 Å². The fourth-order valence-corrected chi connectivity index (χ4v) is 2.71. The monoisotopic (exact) mass is 293 g/mol. The molecule has 1 aromatic rings. The number of piperazine rings is 1. The first-order chi connectivity index (χ1) is 9.97. The highest BCUT2D eigenvalue weighted by atomic mass is 19.1. The van der Waals surface area contributed by atoms with Gasteiger partial charge < -0.3 is 15.5 Å². The predicted octanol–water partition coefficient (Wildman–Crippen LogP) is 0.905. The van der Waals surface area contributed by atoms with Crippen molar-refractivity contribution < 1.29 is 14.0 Å². The highest BCUT2D eigenvalue weighted by Crippen LogP contribution is 2.27. The normalized spacial score (nSPS) is 18.9. The van der Waals surface area contributed by atoms with Crippen molar-refractivity contribution in [3.05, 3.63) is 35.6 Å². The molecule has 0 radical (unpaired) electrons. The van der Waals surface area contributed by atoms with Crippen LogP contribution in [0.25, 0.3) is 0 Å². The number of benzene rings is 1. The average Bonchev–Trinajstić information content (AvgIpc) is 2.45. The maximum atomic E-state index is 14.0. The number of hydrogen-bond donors (Lipinski definition) is 1. The first kappa shape index (κ1) is 15.4. The molecule has 1 saturated heterocycles. The zero-order valence-corrected chi connectivity index (χ0v) is 12.3. The Bertz CT molecular complexity index is 547. The van der Waals surface area contributed by atoms with Crippen LogP contribution in [0.1, 0.15) is 25.5 Å². The maximum Gasteiger partial charge on any atom is 0.312 e. The number of amides is 2. The number of nitrogens with zero attached hydrogens (tertiary/aromatic N) is 2. The van der Waals surface area contributed by atoms with E-state index in [0.717, 1.165) is 0 Å². The Kier molecular flexibility index (Phi) is 4.57. The first-order valence-electron chi connectivity index (χ1n) is 7.07. The van der Waals surface area contributed by atoms with Crippen LogP contribution in [0.5, 0.6) is 0 Å². The summed E-state index contributed by atoms with van der Waals surface area (Å²) in [7, 11) is 0. The van der Waals surface area contributed by atoms with Crippen molar-refractivity contribution in [2.24, 2.45) is 5.73 Å². The van der Waals surface area contributed by atoms with Crippen LogP contribution in [0.2, 0.25) is 0 Å². The zero-order valence-electron chi connectivity index (χ0n) is 12.3. The number of carbonyl (C=O) groups is 2. The van der Waals surface area contributed by atoms with Gasteiger partial charge in [0.1, 0.15) is 5.82 Å². The largest absolute Gasteiger partial charge is 0.333 e. The third-order valence-electron chi connectivity index (χ3n) is 3.78. The molecule has 0 aromatic heterocycles. The summed E-state index contributed by atoms with van der Waals surface area (Å²) in [6.45, 7) is 4.82. The van der Waals surface area contributed by atoms with Gasteiger partial charge in [0.2, 0.25) is 0 Å². The smallest absolute Gasteiger partial charge is 0.312 e. The van der Waals surface area contributed by atoms with Crippen molar-refractivity contribution in [1.82, 2.24) is 9.80 Å². The molecule has 5 nitrogen and oxygen atoms in total. The number of likely N-dealkylation sites (N-methyl/N-ethyl adjacent to an activating group) is 1. The maximum absolute atomic E-state index is 14.0. The SMILES string of the molecule is CCN1CCN(C(c2ccccc2F)C(C)N)C(=O)C1=O. The van der Waals surface area contributed by atoms with E-state index >= 15 is 0 Å². The lowest BCUT2D eigenvalue weighted by Gasteiger charge is -2.39. The molecule has 6 heteroatoms. The van der Waals surface area contributed by atoms with Gasteiger partial charge in [-0.2, -0.15) is 0 Å². The van der Waals surface area contributed by atoms with Gasteiger partial charge in [0.15, 0.2) is 0 Å². The number of carbonyl (C=O) groups excluding carboxylic acids is 2. The molecule has 0 aliphatic carbocycles. The Labute approximate surface area is 123 Å². The third-order valence-corrected chi connectivity index (χ3v) is 3.78. The molecule has 1 fully saturated rings. The molecule has 2 atom stereocenters. The highest BCUT2D eigenvalue weighted by Gasteiger charge is 2.38. The van der Waals surface area contributed by atoms with Crippen LogP contribution < -0.4 is 5.73 Å². The van der Waals surface area contributed by atoms with E-state index in [2.05, 4.69) is 0 Å². The van der Waals surface area contributed by atoms with Gasteiger partial charge in [-0.15, -0.1) is 0 Å². The Balaban J connectivity index is 2.34. The molecule has 0 saturated carbocycles. The zero-order chi connectivity index (χ0) is 15.6. The van der Waals surface area contributed by atoms with Gasteiger partial charge in [0.05, 0.1) is 6.04 Å². The number of rotatable bonds is 4. The Morgan fingerprint density at radius 3 is 2.48 bits per heavy atom. The summed E-state index contributed by atoms with van der Waals surface area (Å²) in [5, 5.41) is 0. The van der Waals surface area contributed by atoms with Gasteiger partial charge in [-0.05, 0) is 19.9 Å². The number of hydrogen-bond acceptors (Lipinski definition) is 3. The third kappa shape index (κ3) is 2.90. The molecule has 1 aliphatic heterocycles. The Morgan fingerprint density at radius 1 is 1.24 bits per heavy atom. The molecular weight excluding hydrogens is 273 g/mol. The van der Waals surface area contributed by atoms with Crippen LogP contribution >= 0.6 is 0 Å². The fraction of sp³-hybridized carbons (Fsp3) is 0.467. The molecule has 114 valence electrons. The van der Waals surface area contributed by atoms with Gasteiger partial charge in [-0.25, -0.2) is 4.39 Å². The van der Waals surface area contributed by atoms with E-state index in [4.69, 9.17) is 5.73 Å². The van der Waals surface area contributed by atoms with E-state index in [1.54, 1.807) is 25.1 Å². The molecule has 0 bridgehead atoms. The van der Waals surface area contributed by atoms with Crippen LogP contribution in [0.3, 0.4) is 0 Å². The van der Waals surface area contributed by atoms with Crippen LogP contribution in [-0.2, 0) is 9.59 Å². The number of nitrogens with two attached hydrogens (primary N) is 1. The first-order valence-corrected chi connectivity index (χ1v) is 7.07. The van der Waals surface area contributed by atoms with Crippen molar-refractivity contribution in [2.45, 2.75) is 25.9 Å². The minimum Gasteiger partial charge on any atom is -0.333 e. The molecule has 1 aromatic carbocycles. The van der Waals surface area contributed by atoms with Gasteiger partial charge in [0.25, 0.3) is 0 Å². The molecular formula is C15H20FN3O2. The lowest BCUT2D eigenvalue weighted by Crippen LogP contribution is -2.57. The lowest BCUT2D eigenvalue weighted by molar-refractivity contribution is -0.158.